The number of H-pyrrole nitrogens is 1. The molecule has 1 heterocycles. The molecule has 25 heteroatoms. The van der Waals surface area contributed by atoms with E-state index in [9.17, 15) is 53.7 Å². The standard InChI is InChI=1S/C55H71N13O11S/c1-30(69)45(47(57)72)67-52(77)42(25-33-14-7-4-8-15-33)65-54(79)46(31(2)70)68-49(74)40(18-11-23-60-55(58)59)62-51(76)43(27-35-28-61-39-17-10-9-16-37(35)39)64-50(75)41(26-34-19-21-36(71)22-20-34)63-53(78)44(29-80)66-48(73)38(56)24-32-12-5-3-6-13-32/h3-10,12-17,19-22,28,30-31,38,40-46,61,69-71,80H,11,18,23-27,29,56H2,1-2H3,(H2,57,72)(H,62,76)(H,63,78)(H,64,75)(H,65,79)(H,66,73)(H,67,77)(H,68,74)(H4,58,59,60)/t30-,31-,38-,40+,41+,42+,43-,44+,45+,46+/m1/s1. The van der Waals surface area contributed by atoms with Gasteiger partial charge >= 0.3 is 0 Å². The van der Waals surface area contributed by atoms with Crippen molar-refractivity contribution in [2.24, 2.45) is 27.9 Å². The Kier molecular flexibility index (Phi) is 23.8. The first-order chi connectivity index (χ1) is 38.1. The molecule has 0 aliphatic heterocycles. The van der Waals surface area contributed by atoms with E-state index in [1.165, 1.54) is 38.1 Å². The van der Waals surface area contributed by atoms with Gasteiger partial charge in [0.15, 0.2) is 5.96 Å². The summed E-state index contributed by atoms with van der Waals surface area (Å²) in [6.07, 6.45) is -1.84. The van der Waals surface area contributed by atoms with Crippen LogP contribution in [-0.2, 0) is 64.0 Å². The molecule has 5 aromatic rings. The summed E-state index contributed by atoms with van der Waals surface area (Å²) < 4.78 is 0. The van der Waals surface area contributed by atoms with Crippen LogP contribution in [-0.4, -0.2) is 146 Å². The van der Waals surface area contributed by atoms with Gasteiger partial charge in [-0.25, -0.2) is 0 Å². The van der Waals surface area contributed by atoms with Gasteiger partial charge in [0.05, 0.1) is 18.2 Å². The first kappa shape index (κ1) is 62.3. The van der Waals surface area contributed by atoms with E-state index in [0.29, 0.717) is 27.6 Å². The minimum absolute atomic E-state index is 0.0157. The van der Waals surface area contributed by atoms with Crippen molar-refractivity contribution in [3.8, 4) is 5.75 Å². The lowest BCUT2D eigenvalue weighted by Gasteiger charge is -2.29. The zero-order valence-electron chi connectivity index (χ0n) is 44.2. The van der Waals surface area contributed by atoms with E-state index in [0.717, 1.165) is 5.56 Å². The third-order valence-corrected chi connectivity index (χ3v) is 13.2. The molecule has 428 valence electrons. The van der Waals surface area contributed by atoms with Gasteiger partial charge in [0.1, 0.15) is 48.0 Å². The minimum atomic E-state index is -1.77. The lowest BCUT2D eigenvalue weighted by atomic mass is 10.0. The smallest absolute Gasteiger partial charge is 0.245 e. The van der Waals surface area contributed by atoms with Crippen molar-refractivity contribution >= 4 is 76.7 Å². The number of hydrogen-bond donors (Lipinski definition) is 16. The highest BCUT2D eigenvalue weighted by atomic mass is 32.1. The number of rotatable bonds is 30. The number of phenols is 1. The fourth-order valence-corrected chi connectivity index (χ4v) is 8.75. The average Bonchev–Trinajstić information content (AvgIpc) is 3.84. The Morgan fingerprint density at radius 2 is 0.988 bits per heavy atom. The number of carbonyl (C=O) groups excluding carboxylic acids is 8. The molecule has 4 aromatic carbocycles. The molecule has 0 radical (unpaired) electrons. The third-order valence-electron chi connectivity index (χ3n) is 12.8. The van der Waals surface area contributed by atoms with Gasteiger partial charge in [0.25, 0.3) is 0 Å². The molecule has 1 aromatic heterocycles. The molecular formula is C55H71N13O11S. The number of thiol groups is 1. The quantitative estimate of drug-likeness (QED) is 0.0103. The van der Waals surface area contributed by atoms with Crippen LogP contribution in [0.15, 0.2) is 120 Å². The predicted molar refractivity (Wildman–Crippen MR) is 302 cm³/mol. The lowest BCUT2D eigenvalue weighted by molar-refractivity contribution is -0.137. The second-order valence-corrected chi connectivity index (χ2v) is 19.6. The summed E-state index contributed by atoms with van der Waals surface area (Å²) in [5, 5.41) is 50.0. The van der Waals surface area contributed by atoms with E-state index in [1.807, 2.05) is 6.07 Å². The SMILES string of the molecule is C[C@@H](O)[C@H](NC(=O)[C@H](Cc1ccccc1)NC(=O)[C@@H](NC(=O)[C@H](CCCN=C(N)N)NC(=O)[C@@H](Cc1c[nH]c2ccccc12)NC(=O)[C@H](Cc1ccc(O)cc1)NC(=O)[C@H](CS)NC(=O)[C@H](N)Cc1ccccc1)[C@@H](C)O)C(N)=O. The Hall–Kier alpha value is -8.52. The van der Waals surface area contributed by atoms with Crippen LogP contribution >= 0.6 is 12.6 Å². The molecular weight excluding hydrogens is 1050 g/mol. The van der Waals surface area contributed by atoms with Crippen LogP contribution in [0, 0.1) is 0 Å². The number of aromatic nitrogens is 1. The third kappa shape index (κ3) is 19.1. The molecule has 0 saturated carbocycles. The predicted octanol–water partition coefficient (Wildman–Crippen LogP) is -1.90. The topological polar surface area (TPSA) is 414 Å². The number of benzene rings is 4. The second-order valence-electron chi connectivity index (χ2n) is 19.2. The van der Waals surface area contributed by atoms with Gasteiger partial charge in [-0.1, -0.05) is 91.0 Å². The van der Waals surface area contributed by atoms with Crippen LogP contribution in [0.2, 0.25) is 0 Å². The molecule has 0 saturated heterocycles. The van der Waals surface area contributed by atoms with Crippen molar-refractivity contribution in [3.63, 3.8) is 0 Å². The van der Waals surface area contributed by atoms with Crippen LogP contribution in [0.25, 0.3) is 10.9 Å². The number of fused-ring (bicyclic) bond motifs is 1. The number of amides is 8. The van der Waals surface area contributed by atoms with E-state index in [-0.39, 0.29) is 62.5 Å². The number of aliphatic imine (C=N–C) groups is 1. The number of aromatic hydroxyl groups is 1. The maximum atomic E-state index is 14.8. The van der Waals surface area contributed by atoms with E-state index in [2.05, 4.69) is 59.8 Å². The summed E-state index contributed by atoms with van der Waals surface area (Å²) >= 11 is 4.31. The fraction of sp³-hybridized carbons (Fsp3) is 0.364. The van der Waals surface area contributed by atoms with Gasteiger partial charge < -0.3 is 80.5 Å². The van der Waals surface area contributed by atoms with Gasteiger partial charge in [-0.2, -0.15) is 12.6 Å². The average molecular weight is 1120 g/mol. The molecule has 5 rings (SSSR count). The fourth-order valence-electron chi connectivity index (χ4n) is 8.49. The monoisotopic (exact) mass is 1120 g/mol. The number of nitrogens with zero attached hydrogens (tertiary/aromatic N) is 1. The van der Waals surface area contributed by atoms with E-state index in [1.54, 1.807) is 85.1 Å². The van der Waals surface area contributed by atoms with Gasteiger partial charge in [-0.15, -0.1) is 0 Å². The highest BCUT2D eigenvalue weighted by molar-refractivity contribution is 7.80. The molecule has 0 unspecified atom stereocenters. The van der Waals surface area contributed by atoms with Crippen molar-refractivity contribution in [2.45, 2.75) is 113 Å². The van der Waals surface area contributed by atoms with Crippen molar-refractivity contribution in [1.29, 1.82) is 0 Å². The lowest BCUT2D eigenvalue weighted by Crippen LogP contribution is -2.62. The Morgan fingerprint density at radius 3 is 1.54 bits per heavy atom. The largest absolute Gasteiger partial charge is 0.508 e. The number of nitrogens with one attached hydrogen (secondary N) is 8. The maximum Gasteiger partial charge on any atom is 0.245 e. The summed E-state index contributed by atoms with van der Waals surface area (Å²) in [4.78, 5) is 118. The second kappa shape index (κ2) is 30.6. The summed E-state index contributed by atoms with van der Waals surface area (Å²) in [6.45, 7) is 2.42. The van der Waals surface area contributed by atoms with E-state index >= 15 is 0 Å². The van der Waals surface area contributed by atoms with Crippen molar-refractivity contribution in [3.05, 3.63) is 138 Å². The molecule has 0 bridgehead atoms. The molecule has 8 amide bonds. The number of guanidine groups is 1. The van der Waals surface area contributed by atoms with Crippen LogP contribution < -0.4 is 60.2 Å². The van der Waals surface area contributed by atoms with Crippen molar-refractivity contribution < 1.29 is 53.7 Å². The summed E-state index contributed by atoms with van der Waals surface area (Å²) in [5.74, 6) is -7.80. The first-order valence-electron chi connectivity index (χ1n) is 25.7. The number of hydrogen-bond acceptors (Lipinski definition) is 14. The molecule has 0 aliphatic carbocycles. The van der Waals surface area contributed by atoms with Gasteiger partial charge in [-0.3, -0.25) is 43.3 Å². The van der Waals surface area contributed by atoms with Crippen LogP contribution in [0.3, 0.4) is 0 Å². The molecule has 10 atom stereocenters. The number of nitrogens with two attached hydrogens (primary N) is 4. The normalized spacial score (nSPS) is 14.9. The number of aromatic amines is 1. The minimum Gasteiger partial charge on any atom is -0.508 e. The Balaban J connectivity index is 1.44. The number of primary amides is 1. The number of carbonyl (C=O) groups is 8. The number of aliphatic hydroxyl groups is 2. The van der Waals surface area contributed by atoms with Crippen LogP contribution in [0.1, 0.15) is 48.9 Å². The summed E-state index contributed by atoms with van der Waals surface area (Å²) in [6, 6.07) is 18.9. The maximum absolute atomic E-state index is 14.8. The van der Waals surface area contributed by atoms with E-state index in [4.69, 9.17) is 22.9 Å². The highest BCUT2D eigenvalue weighted by Crippen LogP contribution is 2.20. The summed E-state index contributed by atoms with van der Waals surface area (Å²) in [7, 11) is 0. The van der Waals surface area contributed by atoms with Crippen LogP contribution in [0.5, 0.6) is 5.75 Å². The van der Waals surface area contributed by atoms with Crippen LogP contribution in [0.4, 0.5) is 0 Å². The van der Waals surface area contributed by atoms with Gasteiger partial charge in [0, 0.05) is 48.7 Å². The van der Waals surface area contributed by atoms with Crippen molar-refractivity contribution in [2.75, 3.05) is 12.3 Å². The Bertz CT molecular complexity index is 2920. The Labute approximate surface area is 467 Å². The molecule has 24 nitrogen and oxygen atoms in total. The zero-order valence-corrected chi connectivity index (χ0v) is 45.1. The first-order valence-corrected chi connectivity index (χ1v) is 26.4. The number of para-hydroxylation sites is 1. The number of aliphatic hydroxyl groups excluding tert-OH is 2. The zero-order chi connectivity index (χ0) is 58.5. The van der Waals surface area contributed by atoms with Gasteiger partial charge in [0.2, 0.25) is 47.3 Å². The molecule has 0 fully saturated rings. The number of phenolic OH excluding ortho intramolecular Hbond substituents is 1. The molecule has 0 aliphatic rings. The van der Waals surface area contributed by atoms with Gasteiger partial charge in [-0.05, 0) is 73.6 Å². The summed E-state index contributed by atoms with van der Waals surface area (Å²) in [5.41, 5.74) is 25.9. The van der Waals surface area contributed by atoms with Crippen molar-refractivity contribution in [1.82, 2.24) is 42.2 Å². The molecule has 80 heavy (non-hydrogen) atoms. The molecule has 19 N–H and O–H groups in total. The highest BCUT2D eigenvalue weighted by Gasteiger charge is 2.36. The van der Waals surface area contributed by atoms with E-state index < -0.39 is 108 Å². The Morgan fingerprint density at radius 1 is 0.537 bits per heavy atom. The molecule has 0 spiro atoms.